The van der Waals surface area contributed by atoms with Crippen molar-refractivity contribution in [3.8, 4) is 0 Å². The third kappa shape index (κ3) is 5.29. The van der Waals surface area contributed by atoms with Crippen LogP contribution < -0.4 is 5.32 Å². The van der Waals surface area contributed by atoms with Gasteiger partial charge >= 0.3 is 0 Å². The monoisotopic (exact) mass is 385 g/mol. The van der Waals surface area contributed by atoms with E-state index in [0.29, 0.717) is 12.3 Å². The highest BCUT2D eigenvalue weighted by Gasteiger charge is 2.22. The van der Waals surface area contributed by atoms with E-state index >= 15 is 0 Å². The van der Waals surface area contributed by atoms with Crippen molar-refractivity contribution in [1.82, 2.24) is 9.47 Å². The zero-order valence-corrected chi connectivity index (χ0v) is 16.6. The number of nitrogens with zero attached hydrogens (tertiary/aromatic N) is 2. The van der Waals surface area contributed by atoms with Crippen LogP contribution in [0.3, 0.4) is 0 Å². The van der Waals surface area contributed by atoms with Crippen molar-refractivity contribution in [2.75, 3.05) is 18.4 Å². The van der Waals surface area contributed by atoms with E-state index in [1.54, 1.807) is 25.1 Å². The number of halogens is 1. The second kappa shape index (κ2) is 9.15. The minimum Gasteiger partial charge on any atom is -0.353 e. The fraction of sp³-hybridized carbons (Fsp3) is 0.455. The van der Waals surface area contributed by atoms with Gasteiger partial charge in [0, 0.05) is 44.0 Å². The number of aryl methyl sites for hydroxylation is 1. The number of carbonyl (C=O) groups excluding carboxylic acids is 2. The van der Waals surface area contributed by atoms with E-state index in [2.05, 4.69) is 10.2 Å². The molecule has 6 heteroatoms. The Balaban J connectivity index is 1.49. The molecule has 1 aliphatic rings. The summed E-state index contributed by atoms with van der Waals surface area (Å²) in [6.45, 7) is 4.36. The molecule has 2 heterocycles. The lowest BCUT2D eigenvalue weighted by Crippen LogP contribution is -2.35. The van der Waals surface area contributed by atoms with Gasteiger partial charge in [-0.15, -0.1) is 0 Å². The van der Waals surface area contributed by atoms with Crippen LogP contribution >= 0.6 is 0 Å². The second-order valence-electron chi connectivity index (χ2n) is 7.70. The van der Waals surface area contributed by atoms with Gasteiger partial charge in [0.2, 0.25) is 5.91 Å². The molecule has 0 radical (unpaired) electrons. The number of nitrogens with one attached hydrogen (secondary N) is 1. The minimum atomic E-state index is -0.410. The molecule has 28 heavy (non-hydrogen) atoms. The number of likely N-dealkylation sites (tertiary alicyclic amines) is 1. The summed E-state index contributed by atoms with van der Waals surface area (Å²) < 4.78 is 15.7. The molecular weight excluding hydrogens is 357 g/mol. The van der Waals surface area contributed by atoms with Crippen molar-refractivity contribution >= 4 is 17.4 Å². The van der Waals surface area contributed by atoms with Crippen LogP contribution in [0.2, 0.25) is 0 Å². The first-order valence-corrected chi connectivity index (χ1v) is 9.85. The highest BCUT2D eigenvalue weighted by atomic mass is 19.1. The van der Waals surface area contributed by atoms with E-state index in [1.807, 2.05) is 23.9 Å². The molecule has 1 atom stereocenters. The Kier molecular flexibility index (Phi) is 6.62. The molecule has 3 rings (SSSR count). The number of anilines is 1. The number of aromatic nitrogens is 1. The Labute approximate surface area is 165 Å². The van der Waals surface area contributed by atoms with Crippen LogP contribution in [-0.2, 0) is 18.4 Å². The summed E-state index contributed by atoms with van der Waals surface area (Å²) in [5, 5.41) is 2.66. The SMILES string of the molecule is CC(=O)c1cc(CN2CCC[C@@H](CCC(=O)Nc3ccccc3F)C2)n(C)c1. The Bertz CT molecular complexity index is 846. The zero-order valence-electron chi connectivity index (χ0n) is 16.6. The molecule has 0 spiro atoms. The number of hydrogen-bond donors (Lipinski definition) is 1. The highest BCUT2D eigenvalue weighted by Crippen LogP contribution is 2.23. The first-order valence-electron chi connectivity index (χ1n) is 9.85. The number of rotatable bonds is 7. The van der Waals surface area contributed by atoms with Gasteiger partial charge in [-0.05, 0) is 56.8 Å². The molecule has 2 aromatic rings. The van der Waals surface area contributed by atoms with E-state index in [-0.39, 0.29) is 17.4 Å². The van der Waals surface area contributed by atoms with E-state index in [1.165, 1.54) is 6.07 Å². The van der Waals surface area contributed by atoms with Gasteiger partial charge in [0.1, 0.15) is 5.82 Å². The van der Waals surface area contributed by atoms with Crippen LogP contribution in [0.4, 0.5) is 10.1 Å². The molecule has 1 N–H and O–H groups in total. The Hall–Kier alpha value is -2.47. The number of benzene rings is 1. The molecule has 0 unspecified atom stereocenters. The van der Waals surface area contributed by atoms with Crippen LogP contribution in [0.5, 0.6) is 0 Å². The molecular formula is C22H28FN3O2. The van der Waals surface area contributed by atoms with Crippen molar-refractivity contribution in [3.63, 3.8) is 0 Å². The summed E-state index contributed by atoms with van der Waals surface area (Å²) in [6.07, 6.45) is 5.28. The fourth-order valence-electron chi connectivity index (χ4n) is 3.83. The third-order valence-electron chi connectivity index (χ3n) is 5.43. The van der Waals surface area contributed by atoms with Crippen LogP contribution in [0.25, 0.3) is 0 Å². The predicted octanol–water partition coefficient (Wildman–Crippen LogP) is 4.00. The summed E-state index contributed by atoms with van der Waals surface area (Å²) in [7, 11) is 1.97. The van der Waals surface area contributed by atoms with E-state index in [0.717, 1.165) is 50.2 Å². The van der Waals surface area contributed by atoms with Gasteiger partial charge in [0.25, 0.3) is 0 Å². The molecule has 150 valence electrons. The average Bonchev–Trinajstić information content (AvgIpc) is 3.03. The first-order chi connectivity index (χ1) is 13.4. The maximum absolute atomic E-state index is 13.6. The summed E-state index contributed by atoms with van der Waals surface area (Å²) in [5.74, 6) is -0.0187. The van der Waals surface area contributed by atoms with Gasteiger partial charge in [-0.25, -0.2) is 4.39 Å². The Morgan fingerprint density at radius 3 is 2.79 bits per heavy atom. The number of carbonyl (C=O) groups is 2. The number of Topliss-reactive ketones (excluding diaryl/α,β-unsaturated/α-hetero) is 1. The van der Waals surface area contributed by atoms with Gasteiger partial charge in [-0.2, -0.15) is 0 Å². The van der Waals surface area contributed by atoms with E-state index in [4.69, 9.17) is 0 Å². The Morgan fingerprint density at radius 1 is 1.29 bits per heavy atom. The molecule has 1 aromatic carbocycles. The summed E-state index contributed by atoms with van der Waals surface area (Å²) in [5.41, 5.74) is 2.11. The maximum Gasteiger partial charge on any atom is 0.224 e. The normalized spacial score (nSPS) is 17.5. The number of amides is 1. The lowest BCUT2D eigenvalue weighted by atomic mass is 9.93. The quantitative estimate of drug-likeness (QED) is 0.733. The first kappa shape index (κ1) is 20.3. The lowest BCUT2D eigenvalue weighted by molar-refractivity contribution is -0.116. The van der Waals surface area contributed by atoms with Gasteiger partial charge in [0.05, 0.1) is 5.69 Å². The van der Waals surface area contributed by atoms with Crippen molar-refractivity contribution in [2.45, 2.75) is 39.2 Å². The molecule has 1 amide bonds. The van der Waals surface area contributed by atoms with Gasteiger partial charge in [0.15, 0.2) is 5.78 Å². The highest BCUT2D eigenvalue weighted by molar-refractivity contribution is 5.94. The molecule has 0 bridgehead atoms. The van der Waals surface area contributed by atoms with Crippen molar-refractivity contribution in [1.29, 1.82) is 0 Å². The topological polar surface area (TPSA) is 54.3 Å². The van der Waals surface area contributed by atoms with Gasteiger partial charge < -0.3 is 9.88 Å². The van der Waals surface area contributed by atoms with Gasteiger partial charge in [-0.1, -0.05) is 12.1 Å². The largest absolute Gasteiger partial charge is 0.353 e. The molecule has 1 fully saturated rings. The van der Waals surface area contributed by atoms with Crippen molar-refractivity contribution in [2.24, 2.45) is 13.0 Å². The van der Waals surface area contributed by atoms with Crippen molar-refractivity contribution in [3.05, 3.63) is 53.6 Å². The molecule has 0 saturated carbocycles. The maximum atomic E-state index is 13.6. The van der Waals surface area contributed by atoms with E-state index < -0.39 is 5.82 Å². The Morgan fingerprint density at radius 2 is 2.07 bits per heavy atom. The van der Waals surface area contributed by atoms with Crippen LogP contribution in [0.1, 0.15) is 48.7 Å². The second-order valence-corrected chi connectivity index (χ2v) is 7.70. The fourth-order valence-corrected chi connectivity index (χ4v) is 3.83. The molecule has 1 saturated heterocycles. The summed E-state index contributed by atoms with van der Waals surface area (Å²) in [4.78, 5) is 26.1. The van der Waals surface area contributed by atoms with Crippen molar-refractivity contribution < 1.29 is 14.0 Å². The van der Waals surface area contributed by atoms with Crippen LogP contribution in [0, 0.1) is 11.7 Å². The smallest absolute Gasteiger partial charge is 0.224 e. The summed E-state index contributed by atoms with van der Waals surface area (Å²) in [6, 6.07) is 8.20. The van der Waals surface area contributed by atoms with Gasteiger partial charge in [-0.3, -0.25) is 14.5 Å². The predicted molar refractivity (Wildman–Crippen MR) is 108 cm³/mol. The number of piperidine rings is 1. The summed E-state index contributed by atoms with van der Waals surface area (Å²) >= 11 is 0. The number of hydrogen-bond acceptors (Lipinski definition) is 3. The number of ketones is 1. The minimum absolute atomic E-state index is 0.0826. The van der Waals surface area contributed by atoms with Crippen LogP contribution in [-0.4, -0.2) is 34.2 Å². The lowest BCUT2D eigenvalue weighted by Gasteiger charge is -2.32. The standard InChI is InChI=1S/C22H28FN3O2/c1-16(27)18-12-19(25(2)14-18)15-26-11-5-6-17(13-26)9-10-22(28)24-21-8-4-3-7-20(21)23/h3-4,7-8,12,14,17H,5-6,9-11,13,15H2,1-2H3,(H,24,28)/t17-/m0/s1. The molecule has 0 aliphatic carbocycles. The van der Waals surface area contributed by atoms with Crippen LogP contribution in [0.15, 0.2) is 36.5 Å². The number of para-hydroxylation sites is 1. The average molecular weight is 385 g/mol. The zero-order chi connectivity index (χ0) is 20.1. The third-order valence-corrected chi connectivity index (χ3v) is 5.43. The molecule has 5 nitrogen and oxygen atoms in total. The van der Waals surface area contributed by atoms with E-state index in [9.17, 15) is 14.0 Å². The molecule has 1 aromatic heterocycles. The molecule has 1 aliphatic heterocycles.